The van der Waals surface area contributed by atoms with Crippen LogP contribution < -0.4 is 10.0 Å². The molecule has 0 saturated heterocycles. The highest BCUT2D eigenvalue weighted by molar-refractivity contribution is 7.89. The van der Waals surface area contributed by atoms with Crippen molar-refractivity contribution in [1.29, 1.82) is 0 Å². The number of carbonyl (C=O) groups is 1. The summed E-state index contributed by atoms with van der Waals surface area (Å²) in [6, 6.07) is 9.54. The van der Waals surface area contributed by atoms with Gasteiger partial charge in [-0.25, -0.2) is 17.5 Å². The number of sulfonamides is 1. The van der Waals surface area contributed by atoms with Gasteiger partial charge in [0.25, 0.3) is 0 Å². The molecule has 9 heteroatoms. The first kappa shape index (κ1) is 23.3. The Labute approximate surface area is 176 Å². The zero-order chi connectivity index (χ0) is 21.8. The molecule has 1 amide bonds. The lowest BCUT2D eigenvalue weighted by Crippen LogP contribution is -2.39. The predicted octanol–water partition coefficient (Wildman–Crippen LogP) is 3.62. The van der Waals surface area contributed by atoms with Gasteiger partial charge in [-0.2, -0.15) is 0 Å². The Morgan fingerprint density at radius 2 is 1.76 bits per heavy atom. The standard InChI is InChI=1S/C20H25ClFN3O3S/c1-13(2)24-29(27,28)16-10-8-15(9-11-16)23-20(26)14(3)25(4)12-17-18(21)6-5-7-19(17)22/h5-11,13-14,24H,12H2,1-4H3,(H,23,26)/t14-/m0/s1. The smallest absolute Gasteiger partial charge is 0.241 e. The maximum absolute atomic E-state index is 14.0. The second kappa shape index (κ2) is 9.67. The summed E-state index contributed by atoms with van der Waals surface area (Å²) in [5, 5.41) is 3.04. The summed E-state index contributed by atoms with van der Waals surface area (Å²) in [4.78, 5) is 14.3. The summed E-state index contributed by atoms with van der Waals surface area (Å²) in [5.74, 6) is -0.736. The molecule has 158 valence electrons. The molecule has 2 N–H and O–H groups in total. The van der Waals surface area contributed by atoms with Crippen LogP contribution in [-0.2, 0) is 21.4 Å². The van der Waals surface area contributed by atoms with Gasteiger partial charge in [-0.1, -0.05) is 17.7 Å². The minimum atomic E-state index is -3.60. The number of rotatable bonds is 8. The predicted molar refractivity (Wildman–Crippen MR) is 113 cm³/mol. The number of nitrogens with one attached hydrogen (secondary N) is 2. The molecule has 0 aromatic heterocycles. The van der Waals surface area contributed by atoms with Gasteiger partial charge in [-0.3, -0.25) is 9.69 Å². The molecule has 6 nitrogen and oxygen atoms in total. The zero-order valence-electron chi connectivity index (χ0n) is 16.7. The fraction of sp³-hybridized carbons (Fsp3) is 0.350. The van der Waals surface area contributed by atoms with Gasteiger partial charge in [0, 0.05) is 28.9 Å². The molecule has 0 aliphatic heterocycles. The van der Waals surface area contributed by atoms with E-state index >= 15 is 0 Å². The van der Waals surface area contributed by atoms with Crippen LogP contribution in [0.15, 0.2) is 47.4 Å². The fourth-order valence-corrected chi connectivity index (χ4v) is 4.09. The van der Waals surface area contributed by atoms with E-state index in [0.29, 0.717) is 16.3 Å². The van der Waals surface area contributed by atoms with Gasteiger partial charge in [-0.05, 0) is 64.2 Å². The number of nitrogens with zero attached hydrogens (tertiary/aromatic N) is 1. The van der Waals surface area contributed by atoms with Crippen molar-refractivity contribution in [2.24, 2.45) is 0 Å². The fourth-order valence-electron chi connectivity index (χ4n) is 2.61. The van der Waals surface area contributed by atoms with Crippen LogP contribution in [0.2, 0.25) is 5.02 Å². The van der Waals surface area contributed by atoms with E-state index in [1.165, 1.54) is 36.4 Å². The normalized spacial score (nSPS) is 13.0. The third-order valence-electron chi connectivity index (χ3n) is 4.33. The van der Waals surface area contributed by atoms with Gasteiger partial charge in [-0.15, -0.1) is 0 Å². The molecular formula is C20H25ClFN3O3S. The minimum Gasteiger partial charge on any atom is -0.325 e. The number of amides is 1. The number of halogens is 2. The molecule has 0 aliphatic rings. The van der Waals surface area contributed by atoms with Crippen LogP contribution >= 0.6 is 11.6 Å². The van der Waals surface area contributed by atoms with Crippen molar-refractivity contribution in [2.45, 2.75) is 44.3 Å². The number of carbonyl (C=O) groups excluding carboxylic acids is 1. The Balaban J connectivity index is 2.04. The lowest BCUT2D eigenvalue weighted by molar-refractivity contribution is -0.120. The molecule has 0 radical (unpaired) electrons. The van der Waals surface area contributed by atoms with E-state index < -0.39 is 21.9 Å². The second-order valence-corrected chi connectivity index (χ2v) is 9.20. The van der Waals surface area contributed by atoms with E-state index in [-0.39, 0.29) is 23.4 Å². The number of likely N-dealkylation sites (N-methyl/N-ethyl adjacent to an activating group) is 1. The van der Waals surface area contributed by atoms with Crippen molar-refractivity contribution in [3.8, 4) is 0 Å². The molecule has 0 unspecified atom stereocenters. The van der Waals surface area contributed by atoms with Gasteiger partial charge in [0.2, 0.25) is 15.9 Å². The third kappa shape index (κ3) is 6.24. The second-order valence-electron chi connectivity index (χ2n) is 7.08. The van der Waals surface area contributed by atoms with Crippen molar-refractivity contribution in [3.05, 3.63) is 58.9 Å². The van der Waals surface area contributed by atoms with Gasteiger partial charge >= 0.3 is 0 Å². The van der Waals surface area contributed by atoms with E-state index in [1.54, 1.807) is 38.8 Å². The Hall–Kier alpha value is -2.00. The summed E-state index contributed by atoms with van der Waals surface area (Å²) in [6.45, 7) is 5.32. The highest BCUT2D eigenvalue weighted by atomic mass is 35.5. The first-order valence-electron chi connectivity index (χ1n) is 9.07. The average molecular weight is 442 g/mol. The summed E-state index contributed by atoms with van der Waals surface area (Å²) in [7, 11) is -1.90. The lowest BCUT2D eigenvalue weighted by Gasteiger charge is -2.24. The maximum atomic E-state index is 14.0. The molecule has 0 aliphatic carbocycles. The molecule has 0 bridgehead atoms. The van der Waals surface area contributed by atoms with Crippen molar-refractivity contribution in [2.75, 3.05) is 12.4 Å². The maximum Gasteiger partial charge on any atom is 0.241 e. The summed E-state index contributed by atoms with van der Waals surface area (Å²) in [6.07, 6.45) is 0. The average Bonchev–Trinajstić information content (AvgIpc) is 2.63. The molecule has 0 heterocycles. The van der Waals surface area contributed by atoms with Crippen LogP contribution in [0, 0.1) is 5.82 Å². The highest BCUT2D eigenvalue weighted by Crippen LogP contribution is 2.21. The van der Waals surface area contributed by atoms with Crippen LogP contribution in [0.1, 0.15) is 26.3 Å². The lowest BCUT2D eigenvalue weighted by atomic mass is 10.1. The quantitative estimate of drug-likeness (QED) is 0.655. The molecule has 0 fully saturated rings. The molecule has 0 saturated carbocycles. The van der Waals surface area contributed by atoms with Crippen LogP contribution in [0.3, 0.4) is 0 Å². The molecule has 2 rings (SSSR count). The van der Waals surface area contributed by atoms with Crippen LogP contribution in [-0.4, -0.2) is 38.4 Å². The molecule has 2 aromatic rings. The van der Waals surface area contributed by atoms with Gasteiger partial charge in [0.05, 0.1) is 10.9 Å². The first-order chi connectivity index (χ1) is 13.5. The van der Waals surface area contributed by atoms with Crippen molar-refractivity contribution >= 4 is 33.2 Å². The molecule has 2 aromatic carbocycles. The minimum absolute atomic E-state index is 0.114. The molecule has 0 spiro atoms. The SMILES string of the molecule is CC(C)NS(=O)(=O)c1ccc(NC(=O)[C@H](C)N(C)Cc2c(F)cccc2Cl)cc1. The summed E-state index contributed by atoms with van der Waals surface area (Å²) >= 11 is 6.05. The van der Waals surface area contributed by atoms with E-state index in [4.69, 9.17) is 11.6 Å². The Morgan fingerprint density at radius 1 is 1.14 bits per heavy atom. The number of anilines is 1. The van der Waals surface area contributed by atoms with Crippen molar-refractivity contribution in [3.63, 3.8) is 0 Å². The molecule has 29 heavy (non-hydrogen) atoms. The number of hydrogen-bond donors (Lipinski definition) is 2. The van der Waals surface area contributed by atoms with Crippen LogP contribution in [0.4, 0.5) is 10.1 Å². The largest absolute Gasteiger partial charge is 0.325 e. The number of hydrogen-bond acceptors (Lipinski definition) is 4. The van der Waals surface area contributed by atoms with Gasteiger partial charge in [0.15, 0.2) is 0 Å². The Morgan fingerprint density at radius 3 is 2.31 bits per heavy atom. The first-order valence-corrected chi connectivity index (χ1v) is 10.9. The zero-order valence-corrected chi connectivity index (χ0v) is 18.3. The summed E-state index contributed by atoms with van der Waals surface area (Å²) < 4.78 is 40.8. The van der Waals surface area contributed by atoms with E-state index in [1.807, 2.05) is 0 Å². The molecule has 1 atom stereocenters. The van der Waals surface area contributed by atoms with Gasteiger partial charge in [0.1, 0.15) is 5.82 Å². The van der Waals surface area contributed by atoms with Crippen molar-refractivity contribution in [1.82, 2.24) is 9.62 Å². The third-order valence-corrected chi connectivity index (χ3v) is 6.36. The van der Waals surface area contributed by atoms with Crippen molar-refractivity contribution < 1.29 is 17.6 Å². The van der Waals surface area contributed by atoms with Gasteiger partial charge < -0.3 is 5.32 Å². The highest BCUT2D eigenvalue weighted by Gasteiger charge is 2.21. The molecular weight excluding hydrogens is 417 g/mol. The monoisotopic (exact) mass is 441 g/mol. The van der Waals surface area contributed by atoms with E-state index in [2.05, 4.69) is 10.0 Å². The van der Waals surface area contributed by atoms with Crippen LogP contribution in [0.5, 0.6) is 0 Å². The number of benzene rings is 2. The Bertz CT molecular complexity index is 945. The topological polar surface area (TPSA) is 78.5 Å². The van der Waals surface area contributed by atoms with Crippen LogP contribution in [0.25, 0.3) is 0 Å². The summed E-state index contributed by atoms with van der Waals surface area (Å²) in [5.41, 5.74) is 0.784. The van der Waals surface area contributed by atoms with E-state index in [9.17, 15) is 17.6 Å². The van der Waals surface area contributed by atoms with E-state index in [0.717, 1.165) is 0 Å². The Kier molecular flexibility index (Phi) is 7.76.